The van der Waals surface area contributed by atoms with Crippen molar-refractivity contribution >= 4 is 0 Å². The summed E-state index contributed by atoms with van der Waals surface area (Å²) in [6.07, 6.45) is 8.37. The predicted octanol–water partition coefficient (Wildman–Crippen LogP) is 5.45. The van der Waals surface area contributed by atoms with E-state index in [1.165, 1.54) is 11.3 Å². The molecule has 1 saturated carbocycles. The summed E-state index contributed by atoms with van der Waals surface area (Å²) in [4.78, 5) is 13.9. The smallest absolute Gasteiger partial charge is 0.271 e. The van der Waals surface area contributed by atoms with Gasteiger partial charge in [0.2, 0.25) is 0 Å². The number of benzene rings is 2. The molecule has 0 unspecified atom stereocenters. The molecule has 3 aliphatic rings. The first-order valence-corrected chi connectivity index (χ1v) is 13.2. The molecule has 1 fully saturated rings. The molecule has 0 amide bonds. The molecule has 2 aromatic carbocycles. The van der Waals surface area contributed by atoms with Gasteiger partial charge in [0.05, 0.1) is 11.1 Å². The molecule has 7 heteroatoms. The van der Waals surface area contributed by atoms with Gasteiger partial charge in [-0.25, -0.2) is 9.78 Å². The zero-order valence-corrected chi connectivity index (χ0v) is 21.4. The van der Waals surface area contributed by atoms with Gasteiger partial charge in [-0.15, -0.1) is 5.10 Å². The minimum Gasteiger partial charge on any atom is -0.280 e. The zero-order chi connectivity index (χ0) is 24.9. The number of aromatic nitrogens is 6. The van der Waals surface area contributed by atoms with Gasteiger partial charge >= 0.3 is 0 Å². The molecule has 0 saturated heterocycles. The summed E-state index contributed by atoms with van der Waals surface area (Å²) in [6, 6.07) is 16.7. The lowest BCUT2D eigenvalue weighted by molar-refractivity contribution is -0.00348. The normalized spacial score (nSPS) is 22.6. The second-order valence-corrected chi connectivity index (χ2v) is 11.1. The van der Waals surface area contributed by atoms with Gasteiger partial charge in [-0.3, -0.25) is 9.48 Å². The Hall–Kier alpha value is -3.48. The van der Waals surface area contributed by atoms with Gasteiger partial charge in [0.1, 0.15) is 0 Å². The molecule has 2 aromatic heterocycles. The number of hydrogen-bond acceptors (Lipinski definition) is 4. The largest absolute Gasteiger partial charge is 0.280 e. The van der Waals surface area contributed by atoms with Crippen molar-refractivity contribution in [1.29, 1.82) is 0 Å². The summed E-state index contributed by atoms with van der Waals surface area (Å²) in [7, 11) is 0. The highest BCUT2D eigenvalue weighted by Gasteiger charge is 2.50. The van der Waals surface area contributed by atoms with Crippen LogP contribution in [0, 0.1) is 0 Å². The summed E-state index contributed by atoms with van der Waals surface area (Å²) in [6.45, 7) is 6.87. The first-order chi connectivity index (χ1) is 17.4. The molecular formula is C29H34N6O. The standard InChI is InChI=1S/C29H34N6O/c1-4-5-10-25-24(27(36)35-29(3)17-15-28(2,16-18-29)34(25)35)19-20-11-13-21(14-12-20)22-8-6-7-9-23(22)26-30-32-33-31-26/h6-9,11-14H,4-5,10,15-19H2,1-3H3,(H,30,31,32,33). The molecule has 1 aliphatic carbocycles. The number of fused-ring (bicyclic) bond motifs is 2. The number of unbranched alkanes of at least 4 members (excludes halogenated alkanes) is 1. The number of nitrogens with zero attached hydrogens (tertiary/aromatic N) is 5. The summed E-state index contributed by atoms with van der Waals surface area (Å²) in [5.41, 5.74) is 6.78. The van der Waals surface area contributed by atoms with Crippen LogP contribution in [0.1, 0.15) is 76.1 Å². The molecule has 4 heterocycles. The topological polar surface area (TPSA) is 81.4 Å². The molecule has 2 bridgehead atoms. The molecule has 2 aliphatic heterocycles. The number of tetrazole rings is 1. The molecule has 1 N–H and O–H groups in total. The molecule has 36 heavy (non-hydrogen) atoms. The van der Waals surface area contributed by atoms with Crippen LogP contribution in [0.15, 0.2) is 53.3 Å². The van der Waals surface area contributed by atoms with E-state index >= 15 is 0 Å². The van der Waals surface area contributed by atoms with Gasteiger partial charge in [-0.05, 0) is 79.5 Å². The summed E-state index contributed by atoms with van der Waals surface area (Å²) in [5, 5.41) is 14.4. The van der Waals surface area contributed by atoms with Gasteiger partial charge in [-0.1, -0.05) is 61.9 Å². The Labute approximate surface area is 211 Å². The van der Waals surface area contributed by atoms with Crippen LogP contribution in [0.3, 0.4) is 0 Å². The molecular weight excluding hydrogens is 448 g/mol. The lowest BCUT2D eigenvalue weighted by atomic mass is 9.72. The van der Waals surface area contributed by atoms with E-state index in [-0.39, 0.29) is 16.6 Å². The highest BCUT2D eigenvalue weighted by atomic mass is 16.1. The molecule has 0 radical (unpaired) electrons. The Kier molecular flexibility index (Phi) is 5.47. The second kappa shape index (κ2) is 8.57. The van der Waals surface area contributed by atoms with Crippen molar-refractivity contribution in [2.24, 2.45) is 0 Å². The van der Waals surface area contributed by atoms with Crippen molar-refractivity contribution in [2.75, 3.05) is 0 Å². The minimum atomic E-state index is -0.0583. The molecule has 0 spiro atoms. The van der Waals surface area contributed by atoms with Gasteiger partial charge in [0.25, 0.3) is 5.56 Å². The molecule has 0 atom stereocenters. The van der Waals surface area contributed by atoms with E-state index < -0.39 is 0 Å². The average molecular weight is 483 g/mol. The van der Waals surface area contributed by atoms with E-state index in [1.807, 2.05) is 18.2 Å². The Morgan fingerprint density at radius 3 is 2.22 bits per heavy atom. The lowest BCUT2D eigenvalue weighted by Gasteiger charge is -2.53. The Morgan fingerprint density at radius 1 is 0.917 bits per heavy atom. The average Bonchev–Trinajstić information content (AvgIpc) is 3.53. The maximum absolute atomic E-state index is 13.9. The van der Waals surface area contributed by atoms with Gasteiger partial charge in [0, 0.05) is 23.2 Å². The highest BCUT2D eigenvalue weighted by Crippen LogP contribution is 2.49. The van der Waals surface area contributed by atoms with E-state index in [0.29, 0.717) is 12.2 Å². The van der Waals surface area contributed by atoms with Crippen molar-refractivity contribution < 1.29 is 0 Å². The van der Waals surface area contributed by atoms with Crippen LogP contribution in [0.25, 0.3) is 22.5 Å². The van der Waals surface area contributed by atoms with Crippen LogP contribution in [-0.4, -0.2) is 30.0 Å². The maximum atomic E-state index is 13.9. The zero-order valence-electron chi connectivity index (χ0n) is 21.4. The quantitative estimate of drug-likeness (QED) is 0.380. The number of aromatic amines is 1. The van der Waals surface area contributed by atoms with Crippen LogP contribution in [0.4, 0.5) is 0 Å². The number of nitrogens with one attached hydrogen (secondary N) is 1. The van der Waals surface area contributed by atoms with Gasteiger partial charge in [0.15, 0.2) is 5.82 Å². The Morgan fingerprint density at radius 2 is 1.58 bits per heavy atom. The fraction of sp³-hybridized carbons (Fsp3) is 0.448. The molecule has 186 valence electrons. The van der Waals surface area contributed by atoms with Crippen LogP contribution in [0.5, 0.6) is 0 Å². The highest BCUT2D eigenvalue weighted by molar-refractivity contribution is 5.80. The number of hydrogen-bond donors (Lipinski definition) is 1. The summed E-state index contributed by atoms with van der Waals surface area (Å²) in [5.74, 6) is 0.652. The minimum absolute atomic E-state index is 0.0569. The van der Waals surface area contributed by atoms with Gasteiger partial charge in [-0.2, -0.15) is 0 Å². The van der Waals surface area contributed by atoms with Crippen molar-refractivity contribution in [3.05, 3.63) is 75.7 Å². The van der Waals surface area contributed by atoms with Crippen LogP contribution in [-0.2, 0) is 23.9 Å². The van der Waals surface area contributed by atoms with Crippen molar-refractivity contribution in [3.63, 3.8) is 0 Å². The van der Waals surface area contributed by atoms with E-state index in [1.54, 1.807) is 0 Å². The van der Waals surface area contributed by atoms with E-state index in [0.717, 1.165) is 67.2 Å². The monoisotopic (exact) mass is 482 g/mol. The first-order valence-electron chi connectivity index (χ1n) is 13.2. The first kappa shape index (κ1) is 23.0. The lowest BCUT2D eigenvalue weighted by Crippen LogP contribution is -2.57. The Bertz CT molecular complexity index is 1440. The predicted molar refractivity (Wildman–Crippen MR) is 141 cm³/mol. The van der Waals surface area contributed by atoms with Crippen LogP contribution < -0.4 is 5.56 Å². The van der Waals surface area contributed by atoms with E-state index in [9.17, 15) is 4.79 Å². The Balaban J connectivity index is 1.38. The number of rotatable bonds is 7. The summed E-state index contributed by atoms with van der Waals surface area (Å²) >= 11 is 0. The van der Waals surface area contributed by atoms with E-state index in [2.05, 4.69) is 81.1 Å². The molecule has 7 rings (SSSR count). The van der Waals surface area contributed by atoms with Gasteiger partial charge < -0.3 is 0 Å². The second-order valence-electron chi connectivity index (χ2n) is 11.1. The summed E-state index contributed by atoms with van der Waals surface area (Å²) < 4.78 is 4.58. The van der Waals surface area contributed by atoms with Crippen LogP contribution >= 0.6 is 0 Å². The molecule has 4 aromatic rings. The van der Waals surface area contributed by atoms with E-state index in [4.69, 9.17) is 0 Å². The fourth-order valence-electron chi connectivity index (χ4n) is 6.39. The van der Waals surface area contributed by atoms with Crippen LogP contribution in [0.2, 0.25) is 0 Å². The maximum Gasteiger partial charge on any atom is 0.271 e. The van der Waals surface area contributed by atoms with Crippen molar-refractivity contribution in [3.8, 4) is 22.5 Å². The van der Waals surface area contributed by atoms with Crippen molar-refractivity contribution in [2.45, 2.75) is 83.2 Å². The SMILES string of the molecule is CCCCc1c(Cc2ccc(-c3ccccc3-c3nnn[nH]3)cc2)c(=O)n2n1C1(C)CCC2(C)CC1. The fourth-order valence-corrected chi connectivity index (χ4v) is 6.39. The third-order valence-electron chi connectivity index (χ3n) is 8.62. The van der Waals surface area contributed by atoms with Crippen molar-refractivity contribution in [1.82, 2.24) is 30.0 Å². The molecule has 7 nitrogen and oxygen atoms in total. The third kappa shape index (κ3) is 3.55. The third-order valence-corrected chi connectivity index (χ3v) is 8.62. The number of H-pyrrole nitrogens is 1.